The molecular formula is C21H22ClNO3. The van der Waals surface area contributed by atoms with Gasteiger partial charge < -0.3 is 19.2 Å². The average molecular weight is 372 g/mol. The van der Waals surface area contributed by atoms with Crippen LogP contribution in [0.25, 0.3) is 0 Å². The fourth-order valence-electron chi connectivity index (χ4n) is 2.65. The maximum atomic E-state index is 6.43. The average Bonchev–Trinajstić information content (AvgIpc) is 3.16. The van der Waals surface area contributed by atoms with Crippen molar-refractivity contribution in [1.82, 2.24) is 5.32 Å². The maximum Gasteiger partial charge on any atom is 0.163 e. The lowest BCUT2D eigenvalue weighted by atomic mass is 10.1. The van der Waals surface area contributed by atoms with Gasteiger partial charge >= 0.3 is 0 Å². The van der Waals surface area contributed by atoms with Crippen molar-refractivity contribution in [3.05, 3.63) is 82.3 Å². The van der Waals surface area contributed by atoms with Gasteiger partial charge in [-0.3, -0.25) is 0 Å². The minimum Gasteiger partial charge on any atom is -0.493 e. The molecule has 1 heterocycles. The van der Waals surface area contributed by atoms with E-state index in [2.05, 4.69) is 24.4 Å². The number of nitrogens with one attached hydrogen (secondary N) is 1. The topological polar surface area (TPSA) is 43.6 Å². The van der Waals surface area contributed by atoms with Crippen molar-refractivity contribution in [2.24, 2.45) is 0 Å². The Bertz CT molecular complexity index is 846. The summed E-state index contributed by atoms with van der Waals surface area (Å²) in [5, 5.41) is 3.94. The molecule has 26 heavy (non-hydrogen) atoms. The van der Waals surface area contributed by atoms with Crippen molar-refractivity contribution in [3.63, 3.8) is 0 Å². The SMILES string of the molecule is COc1cc(CNCc2ccco2)c(Cl)cc1OCc1ccccc1C. The molecule has 0 amide bonds. The zero-order chi connectivity index (χ0) is 18.4. The van der Waals surface area contributed by atoms with Crippen LogP contribution in [0.15, 0.2) is 59.2 Å². The normalized spacial score (nSPS) is 10.7. The Morgan fingerprint density at radius 3 is 2.58 bits per heavy atom. The summed E-state index contributed by atoms with van der Waals surface area (Å²) in [4.78, 5) is 0. The lowest BCUT2D eigenvalue weighted by Gasteiger charge is -2.15. The smallest absolute Gasteiger partial charge is 0.163 e. The Morgan fingerprint density at radius 1 is 1.00 bits per heavy atom. The van der Waals surface area contributed by atoms with E-state index in [0.717, 1.165) is 16.9 Å². The number of hydrogen-bond acceptors (Lipinski definition) is 4. The third-order valence-corrected chi connectivity index (χ3v) is 4.52. The van der Waals surface area contributed by atoms with Crippen LogP contribution in [0, 0.1) is 6.92 Å². The van der Waals surface area contributed by atoms with Gasteiger partial charge in [-0.1, -0.05) is 35.9 Å². The van der Waals surface area contributed by atoms with Crippen molar-refractivity contribution in [2.45, 2.75) is 26.6 Å². The fraction of sp³-hybridized carbons (Fsp3) is 0.238. The monoisotopic (exact) mass is 371 g/mol. The van der Waals surface area contributed by atoms with Crippen LogP contribution in [0.3, 0.4) is 0 Å². The Balaban J connectivity index is 1.67. The second-order valence-corrected chi connectivity index (χ2v) is 6.40. The van der Waals surface area contributed by atoms with Gasteiger partial charge in [-0.05, 0) is 41.8 Å². The number of furan rings is 1. The van der Waals surface area contributed by atoms with Crippen LogP contribution in [0.2, 0.25) is 5.02 Å². The van der Waals surface area contributed by atoms with Gasteiger partial charge in [-0.2, -0.15) is 0 Å². The van der Waals surface area contributed by atoms with Crippen LogP contribution < -0.4 is 14.8 Å². The molecule has 0 aliphatic heterocycles. The molecule has 0 spiro atoms. The lowest BCUT2D eigenvalue weighted by molar-refractivity contribution is 0.283. The molecule has 0 radical (unpaired) electrons. The second kappa shape index (κ2) is 8.79. The first-order valence-corrected chi connectivity index (χ1v) is 8.82. The van der Waals surface area contributed by atoms with Crippen LogP contribution in [-0.2, 0) is 19.7 Å². The number of ether oxygens (including phenoxy) is 2. The molecule has 0 atom stereocenters. The van der Waals surface area contributed by atoms with E-state index in [1.165, 1.54) is 5.56 Å². The molecule has 5 heteroatoms. The minimum absolute atomic E-state index is 0.468. The number of benzene rings is 2. The molecule has 0 aliphatic rings. The van der Waals surface area contributed by atoms with Crippen LogP contribution >= 0.6 is 11.6 Å². The molecule has 4 nitrogen and oxygen atoms in total. The van der Waals surface area contributed by atoms with Gasteiger partial charge in [0.05, 0.1) is 19.9 Å². The van der Waals surface area contributed by atoms with E-state index in [1.54, 1.807) is 13.4 Å². The summed E-state index contributed by atoms with van der Waals surface area (Å²) in [6.45, 7) is 3.78. The molecule has 2 aromatic carbocycles. The highest BCUT2D eigenvalue weighted by molar-refractivity contribution is 6.31. The Morgan fingerprint density at radius 2 is 1.85 bits per heavy atom. The van der Waals surface area contributed by atoms with Gasteiger partial charge in [0, 0.05) is 17.6 Å². The molecule has 1 aromatic heterocycles. The molecule has 136 valence electrons. The van der Waals surface area contributed by atoms with E-state index >= 15 is 0 Å². The van der Waals surface area contributed by atoms with Gasteiger partial charge in [-0.15, -0.1) is 0 Å². The van der Waals surface area contributed by atoms with E-state index in [4.69, 9.17) is 25.5 Å². The fourth-order valence-corrected chi connectivity index (χ4v) is 2.87. The molecule has 0 saturated carbocycles. The predicted octanol–water partition coefficient (Wildman–Crippen LogP) is 5.12. The van der Waals surface area contributed by atoms with E-state index < -0.39 is 0 Å². The molecule has 0 bridgehead atoms. The zero-order valence-corrected chi connectivity index (χ0v) is 15.7. The van der Waals surface area contributed by atoms with Gasteiger partial charge in [0.25, 0.3) is 0 Å². The van der Waals surface area contributed by atoms with E-state index in [1.807, 2.05) is 36.4 Å². The summed E-state index contributed by atoms with van der Waals surface area (Å²) in [7, 11) is 1.63. The first-order valence-electron chi connectivity index (χ1n) is 8.44. The molecule has 0 saturated heterocycles. The largest absolute Gasteiger partial charge is 0.493 e. The molecular weight excluding hydrogens is 350 g/mol. The molecule has 0 fully saturated rings. The standard InChI is InChI=1S/C21H22ClNO3/c1-15-6-3-4-7-16(15)14-26-21-11-19(22)17(10-20(21)24-2)12-23-13-18-8-5-9-25-18/h3-11,23H,12-14H2,1-2H3. The van der Waals surface area contributed by atoms with Crippen molar-refractivity contribution in [3.8, 4) is 11.5 Å². The highest BCUT2D eigenvalue weighted by Crippen LogP contribution is 2.34. The number of halogens is 1. The van der Waals surface area contributed by atoms with Gasteiger partial charge in [0.1, 0.15) is 12.4 Å². The molecule has 0 aliphatic carbocycles. The van der Waals surface area contributed by atoms with E-state index in [-0.39, 0.29) is 0 Å². The van der Waals surface area contributed by atoms with E-state index in [0.29, 0.717) is 36.2 Å². The zero-order valence-electron chi connectivity index (χ0n) is 14.9. The highest BCUT2D eigenvalue weighted by Gasteiger charge is 2.11. The number of methoxy groups -OCH3 is 1. The van der Waals surface area contributed by atoms with Crippen LogP contribution in [0.4, 0.5) is 0 Å². The Labute approximate surface area is 158 Å². The van der Waals surface area contributed by atoms with Crippen LogP contribution in [0.1, 0.15) is 22.5 Å². The summed E-state index contributed by atoms with van der Waals surface area (Å²) in [6.07, 6.45) is 1.66. The lowest BCUT2D eigenvalue weighted by Crippen LogP contribution is -2.12. The number of hydrogen-bond donors (Lipinski definition) is 1. The Hall–Kier alpha value is -2.43. The summed E-state index contributed by atoms with van der Waals surface area (Å²) < 4.78 is 16.7. The van der Waals surface area contributed by atoms with Crippen LogP contribution in [0.5, 0.6) is 11.5 Å². The predicted molar refractivity (Wildman–Crippen MR) is 103 cm³/mol. The quantitative estimate of drug-likeness (QED) is 0.597. The van der Waals surface area contributed by atoms with Crippen molar-refractivity contribution >= 4 is 11.6 Å². The summed E-state index contributed by atoms with van der Waals surface area (Å²) >= 11 is 6.43. The highest BCUT2D eigenvalue weighted by atomic mass is 35.5. The van der Waals surface area contributed by atoms with Gasteiger partial charge in [-0.25, -0.2) is 0 Å². The Kier molecular flexibility index (Phi) is 6.21. The number of aryl methyl sites for hydroxylation is 1. The second-order valence-electron chi connectivity index (χ2n) is 5.99. The van der Waals surface area contributed by atoms with Gasteiger partial charge in [0.15, 0.2) is 11.5 Å². The molecule has 1 N–H and O–H groups in total. The summed E-state index contributed by atoms with van der Waals surface area (Å²) in [5.41, 5.74) is 3.27. The van der Waals surface area contributed by atoms with Crippen molar-refractivity contribution in [2.75, 3.05) is 7.11 Å². The summed E-state index contributed by atoms with van der Waals surface area (Å²) in [5.74, 6) is 2.18. The molecule has 3 rings (SSSR count). The van der Waals surface area contributed by atoms with Crippen molar-refractivity contribution < 1.29 is 13.9 Å². The third kappa shape index (κ3) is 4.59. The first-order chi connectivity index (χ1) is 12.7. The van der Waals surface area contributed by atoms with E-state index in [9.17, 15) is 0 Å². The maximum absolute atomic E-state index is 6.43. The van der Waals surface area contributed by atoms with Gasteiger partial charge in [0.2, 0.25) is 0 Å². The third-order valence-electron chi connectivity index (χ3n) is 4.17. The number of rotatable bonds is 8. The molecule has 0 unspecified atom stereocenters. The first kappa shape index (κ1) is 18.4. The van der Waals surface area contributed by atoms with Crippen molar-refractivity contribution in [1.29, 1.82) is 0 Å². The summed E-state index contributed by atoms with van der Waals surface area (Å²) in [6, 6.07) is 15.6. The minimum atomic E-state index is 0.468. The van der Waals surface area contributed by atoms with Crippen LogP contribution in [-0.4, -0.2) is 7.11 Å². The molecule has 3 aromatic rings.